The molecule has 3 heteroatoms. The van der Waals surface area contributed by atoms with Gasteiger partial charge in [0, 0.05) is 11.6 Å². The van der Waals surface area contributed by atoms with Gasteiger partial charge in [-0.15, -0.1) is 0 Å². The fourth-order valence-corrected chi connectivity index (χ4v) is 4.44. The number of rotatable bonds is 3. The van der Waals surface area contributed by atoms with Gasteiger partial charge in [0.2, 0.25) is 0 Å². The Morgan fingerprint density at radius 1 is 0.966 bits per heavy atom. The van der Waals surface area contributed by atoms with Gasteiger partial charge >= 0.3 is 0 Å². The Kier molecular flexibility index (Phi) is 4.45. The van der Waals surface area contributed by atoms with E-state index in [1.807, 2.05) is 24.3 Å². The first-order valence-electron chi connectivity index (χ1n) is 10.2. The Balaban J connectivity index is 1.72. The van der Waals surface area contributed by atoms with Crippen LogP contribution in [0.1, 0.15) is 68.4 Å². The van der Waals surface area contributed by atoms with Crippen molar-refractivity contribution in [3.05, 3.63) is 76.9 Å². The van der Waals surface area contributed by atoms with Gasteiger partial charge < -0.3 is 9.63 Å². The van der Waals surface area contributed by atoms with E-state index in [2.05, 4.69) is 58.5 Å². The van der Waals surface area contributed by atoms with Crippen LogP contribution in [-0.4, -0.2) is 10.3 Å². The lowest BCUT2D eigenvalue weighted by Crippen LogP contribution is -2.34. The third-order valence-corrected chi connectivity index (χ3v) is 6.54. The van der Waals surface area contributed by atoms with Crippen LogP contribution >= 0.6 is 0 Å². The normalized spacial score (nSPS) is 17.0. The van der Waals surface area contributed by atoms with Gasteiger partial charge in [0.1, 0.15) is 0 Å². The second-order valence-corrected chi connectivity index (χ2v) is 9.59. The van der Waals surface area contributed by atoms with E-state index in [-0.39, 0.29) is 16.7 Å². The maximum Gasteiger partial charge on any atom is 0.252 e. The van der Waals surface area contributed by atoms with Gasteiger partial charge in [-0.05, 0) is 69.1 Å². The topological polar surface area (TPSA) is 46.3 Å². The van der Waals surface area contributed by atoms with E-state index in [9.17, 15) is 5.11 Å². The summed E-state index contributed by atoms with van der Waals surface area (Å²) in [6.07, 6.45) is 2.41. The van der Waals surface area contributed by atoms with E-state index in [0.29, 0.717) is 5.76 Å². The van der Waals surface area contributed by atoms with Crippen LogP contribution in [0.25, 0.3) is 16.9 Å². The molecule has 1 aliphatic rings. The molecule has 0 radical (unpaired) electrons. The lowest BCUT2D eigenvalue weighted by Gasteiger charge is -2.42. The van der Waals surface area contributed by atoms with Crippen molar-refractivity contribution < 1.29 is 9.63 Å². The Labute approximate surface area is 173 Å². The van der Waals surface area contributed by atoms with Gasteiger partial charge in [0.15, 0.2) is 5.76 Å². The Morgan fingerprint density at radius 3 is 2.10 bits per heavy atom. The zero-order chi connectivity index (χ0) is 21.0. The highest BCUT2D eigenvalue weighted by Gasteiger charge is 2.37. The Hall–Kier alpha value is -2.81. The van der Waals surface area contributed by atoms with Gasteiger partial charge in [0.05, 0.1) is 0 Å². The van der Waals surface area contributed by atoms with Crippen LogP contribution in [0.2, 0.25) is 0 Å². The summed E-state index contributed by atoms with van der Waals surface area (Å²) in [5.41, 5.74) is 8.76. The van der Waals surface area contributed by atoms with Crippen molar-refractivity contribution in [3.63, 3.8) is 0 Å². The third-order valence-electron chi connectivity index (χ3n) is 6.54. The van der Waals surface area contributed by atoms with Crippen LogP contribution in [0.3, 0.4) is 0 Å². The van der Waals surface area contributed by atoms with E-state index in [1.54, 1.807) is 0 Å². The van der Waals surface area contributed by atoms with Crippen molar-refractivity contribution in [3.8, 4) is 17.2 Å². The number of aromatic hydroxyl groups is 1. The quantitative estimate of drug-likeness (QED) is 0.539. The molecule has 0 saturated heterocycles. The molecular weight excluding hydrogens is 358 g/mol. The number of benzene rings is 2. The van der Waals surface area contributed by atoms with Gasteiger partial charge in [-0.1, -0.05) is 70.7 Å². The molecule has 1 heterocycles. The molecule has 1 N–H and O–H groups in total. The lowest BCUT2D eigenvalue weighted by molar-refractivity contribution is 0.331. The average molecular weight is 388 g/mol. The van der Waals surface area contributed by atoms with Crippen LogP contribution in [-0.2, 0) is 10.8 Å². The number of hydrogen-bond donors (Lipinski definition) is 1. The first-order valence-corrected chi connectivity index (χ1v) is 10.2. The molecule has 0 fully saturated rings. The SMILES string of the molecule is C=C(c1ccc(-c2cc(O)no2)cc1)c1cc2c(cc1C)C(C)(C)CCC2(C)C. The highest BCUT2D eigenvalue weighted by molar-refractivity contribution is 5.81. The molecule has 3 aromatic rings. The molecule has 0 aliphatic heterocycles. The third kappa shape index (κ3) is 3.39. The van der Waals surface area contributed by atoms with Crippen molar-refractivity contribution in [1.82, 2.24) is 5.16 Å². The number of fused-ring (bicyclic) bond motifs is 1. The summed E-state index contributed by atoms with van der Waals surface area (Å²) in [6, 6.07) is 14.3. The minimum atomic E-state index is -0.108. The largest absolute Gasteiger partial charge is 0.491 e. The van der Waals surface area contributed by atoms with E-state index in [4.69, 9.17) is 4.52 Å². The molecule has 1 aliphatic carbocycles. The minimum Gasteiger partial charge on any atom is -0.491 e. The summed E-state index contributed by atoms with van der Waals surface area (Å²) >= 11 is 0. The second kappa shape index (κ2) is 6.62. The predicted molar refractivity (Wildman–Crippen MR) is 118 cm³/mol. The average Bonchev–Trinajstić information content (AvgIpc) is 3.11. The highest BCUT2D eigenvalue weighted by Crippen LogP contribution is 2.47. The molecule has 0 bridgehead atoms. The van der Waals surface area contributed by atoms with Gasteiger partial charge in [0.25, 0.3) is 5.88 Å². The van der Waals surface area contributed by atoms with Crippen LogP contribution in [0.5, 0.6) is 5.88 Å². The number of aromatic nitrogens is 1. The second-order valence-electron chi connectivity index (χ2n) is 9.59. The molecule has 29 heavy (non-hydrogen) atoms. The monoisotopic (exact) mass is 387 g/mol. The molecule has 3 nitrogen and oxygen atoms in total. The first kappa shape index (κ1) is 19.5. The molecule has 1 aromatic heterocycles. The highest BCUT2D eigenvalue weighted by atomic mass is 16.5. The Morgan fingerprint density at radius 2 is 1.55 bits per heavy atom. The Bertz CT molecular complexity index is 1080. The summed E-state index contributed by atoms with van der Waals surface area (Å²) in [4.78, 5) is 0. The molecule has 0 spiro atoms. The van der Waals surface area contributed by atoms with Gasteiger partial charge in [-0.25, -0.2) is 0 Å². The number of hydrogen-bond acceptors (Lipinski definition) is 3. The van der Waals surface area contributed by atoms with Crippen molar-refractivity contribution in [2.24, 2.45) is 0 Å². The van der Waals surface area contributed by atoms with Crippen LogP contribution in [0.15, 0.2) is 53.6 Å². The zero-order valence-corrected chi connectivity index (χ0v) is 18.0. The number of aryl methyl sites for hydroxylation is 1. The first-order chi connectivity index (χ1) is 13.6. The summed E-state index contributed by atoms with van der Waals surface area (Å²) < 4.78 is 5.14. The van der Waals surface area contributed by atoms with Crippen LogP contribution in [0.4, 0.5) is 0 Å². The molecule has 2 aromatic carbocycles. The molecule has 150 valence electrons. The van der Waals surface area contributed by atoms with Crippen LogP contribution < -0.4 is 0 Å². The van der Waals surface area contributed by atoms with Gasteiger partial charge in [-0.3, -0.25) is 0 Å². The molecule has 0 amide bonds. The standard InChI is InChI=1S/C26H29NO2/c1-16-13-21-22(26(5,6)12-11-25(21,3)4)14-20(16)17(2)18-7-9-19(10-8-18)23-15-24(28)27-29-23/h7-10,13-15H,2,11-12H2,1,3-6H3,(H,27,28). The predicted octanol–water partition coefficient (Wildman–Crippen LogP) is 6.77. The van der Waals surface area contributed by atoms with Crippen molar-refractivity contribution in [2.75, 3.05) is 0 Å². The van der Waals surface area contributed by atoms with E-state index >= 15 is 0 Å². The van der Waals surface area contributed by atoms with Crippen molar-refractivity contribution >= 4 is 5.57 Å². The van der Waals surface area contributed by atoms with E-state index in [1.165, 1.54) is 41.2 Å². The van der Waals surface area contributed by atoms with Crippen molar-refractivity contribution in [1.29, 1.82) is 0 Å². The molecule has 4 rings (SSSR count). The van der Waals surface area contributed by atoms with Crippen molar-refractivity contribution in [2.45, 2.75) is 58.3 Å². The summed E-state index contributed by atoms with van der Waals surface area (Å²) in [6.45, 7) is 16.0. The maximum absolute atomic E-state index is 9.39. The van der Waals surface area contributed by atoms with Gasteiger partial charge in [-0.2, -0.15) is 0 Å². The van der Waals surface area contributed by atoms with Crippen LogP contribution in [0, 0.1) is 6.92 Å². The fourth-order valence-electron chi connectivity index (χ4n) is 4.44. The smallest absolute Gasteiger partial charge is 0.252 e. The van der Waals surface area contributed by atoms with E-state index < -0.39 is 0 Å². The summed E-state index contributed by atoms with van der Waals surface area (Å²) in [5.74, 6) is 0.442. The van der Waals surface area contributed by atoms with E-state index in [0.717, 1.165) is 16.7 Å². The number of nitrogens with zero attached hydrogens (tertiary/aromatic N) is 1. The molecular formula is C26H29NO2. The zero-order valence-electron chi connectivity index (χ0n) is 18.0. The minimum absolute atomic E-state index is 0.108. The lowest BCUT2D eigenvalue weighted by atomic mass is 9.62. The molecule has 0 atom stereocenters. The molecule has 0 unspecified atom stereocenters. The maximum atomic E-state index is 9.39. The molecule has 0 saturated carbocycles. The summed E-state index contributed by atoms with van der Waals surface area (Å²) in [7, 11) is 0. The summed E-state index contributed by atoms with van der Waals surface area (Å²) in [5, 5.41) is 12.9. The fraction of sp³-hybridized carbons (Fsp3) is 0.346.